The summed E-state index contributed by atoms with van der Waals surface area (Å²) < 4.78 is 6.37. The summed E-state index contributed by atoms with van der Waals surface area (Å²) >= 11 is 0. The van der Waals surface area contributed by atoms with Gasteiger partial charge in [-0.25, -0.2) is 4.98 Å². The Bertz CT molecular complexity index is 723. The van der Waals surface area contributed by atoms with Crippen LogP contribution in [0.4, 0.5) is 5.69 Å². The van der Waals surface area contributed by atoms with Crippen molar-refractivity contribution < 1.29 is 9.53 Å². The summed E-state index contributed by atoms with van der Waals surface area (Å²) in [5.74, 6) is 0.528. The average Bonchev–Trinajstić information content (AvgIpc) is 2.49. The fourth-order valence-corrected chi connectivity index (χ4v) is 1.93. The van der Waals surface area contributed by atoms with Crippen molar-refractivity contribution in [2.24, 2.45) is 0 Å². The van der Waals surface area contributed by atoms with E-state index in [9.17, 15) is 9.59 Å². The minimum atomic E-state index is -0.297. The molecular weight excluding hydrogens is 282 g/mol. The number of hydrogen-bond donors (Lipinski definition) is 1. The minimum Gasteiger partial charge on any atom is -0.497 e. The smallest absolute Gasteiger partial charge is 0.254 e. The second-order valence-corrected chi connectivity index (χ2v) is 5.21. The SMILES string of the molecule is COc1cccc(NC(=O)Cn2cnc(C(C)C)cc2=O)c1. The third kappa shape index (κ3) is 3.94. The van der Waals surface area contributed by atoms with Gasteiger partial charge in [0.1, 0.15) is 12.3 Å². The van der Waals surface area contributed by atoms with E-state index >= 15 is 0 Å². The molecule has 1 N–H and O–H groups in total. The van der Waals surface area contributed by atoms with Gasteiger partial charge in [0.05, 0.1) is 19.1 Å². The summed E-state index contributed by atoms with van der Waals surface area (Å²) in [6, 6.07) is 8.49. The molecule has 22 heavy (non-hydrogen) atoms. The van der Waals surface area contributed by atoms with Crippen LogP contribution in [0.25, 0.3) is 0 Å². The maximum atomic E-state index is 12.0. The van der Waals surface area contributed by atoms with Gasteiger partial charge >= 0.3 is 0 Å². The normalized spacial score (nSPS) is 10.5. The van der Waals surface area contributed by atoms with Crippen LogP contribution in [0.3, 0.4) is 0 Å². The lowest BCUT2D eigenvalue weighted by atomic mass is 10.1. The van der Waals surface area contributed by atoms with Crippen molar-refractivity contribution in [3.8, 4) is 5.75 Å². The number of benzene rings is 1. The number of ether oxygens (including phenoxy) is 1. The molecule has 0 aliphatic carbocycles. The molecule has 1 aromatic carbocycles. The number of methoxy groups -OCH3 is 1. The fourth-order valence-electron chi connectivity index (χ4n) is 1.93. The minimum absolute atomic E-state index is 0.0819. The number of nitrogens with one attached hydrogen (secondary N) is 1. The van der Waals surface area contributed by atoms with E-state index in [4.69, 9.17) is 4.74 Å². The van der Waals surface area contributed by atoms with Gasteiger partial charge in [0.25, 0.3) is 5.56 Å². The van der Waals surface area contributed by atoms with Gasteiger partial charge in [-0.15, -0.1) is 0 Å². The number of hydrogen-bond acceptors (Lipinski definition) is 4. The Balaban J connectivity index is 2.07. The van der Waals surface area contributed by atoms with Gasteiger partial charge in [0, 0.05) is 17.8 Å². The van der Waals surface area contributed by atoms with Crippen molar-refractivity contribution >= 4 is 11.6 Å². The van der Waals surface area contributed by atoms with Crippen LogP contribution in [0.15, 0.2) is 41.5 Å². The summed E-state index contributed by atoms with van der Waals surface area (Å²) in [5, 5.41) is 2.72. The summed E-state index contributed by atoms with van der Waals surface area (Å²) in [6.45, 7) is 3.84. The number of aromatic nitrogens is 2. The van der Waals surface area contributed by atoms with Crippen molar-refractivity contribution in [3.63, 3.8) is 0 Å². The molecule has 0 aliphatic rings. The second kappa shape index (κ2) is 6.89. The average molecular weight is 301 g/mol. The molecule has 0 saturated carbocycles. The number of nitrogens with zero attached hydrogens (tertiary/aromatic N) is 2. The van der Waals surface area contributed by atoms with Crippen molar-refractivity contribution in [1.82, 2.24) is 9.55 Å². The van der Waals surface area contributed by atoms with Crippen LogP contribution in [0, 0.1) is 0 Å². The molecule has 116 valence electrons. The Morgan fingerprint density at radius 1 is 1.36 bits per heavy atom. The number of anilines is 1. The van der Waals surface area contributed by atoms with E-state index in [-0.39, 0.29) is 23.9 Å². The summed E-state index contributed by atoms with van der Waals surface area (Å²) in [6.07, 6.45) is 1.41. The van der Waals surface area contributed by atoms with Crippen LogP contribution in [0.2, 0.25) is 0 Å². The Morgan fingerprint density at radius 2 is 2.14 bits per heavy atom. The molecule has 0 fully saturated rings. The van der Waals surface area contributed by atoms with Gasteiger partial charge < -0.3 is 10.1 Å². The zero-order chi connectivity index (χ0) is 16.1. The topological polar surface area (TPSA) is 73.2 Å². The maximum Gasteiger partial charge on any atom is 0.254 e. The first-order chi connectivity index (χ1) is 10.5. The van der Waals surface area contributed by atoms with Crippen LogP contribution >= 0.6 is 0 Å². The van der Waals surface area contributed by atoms with Crippen molar-refractivity contribution in [2.45, 2.75) is 26.3 Å². The number of rotatable bonds is 5. The summed E-state index contributed by atoms with van der Waals surface area (Å²) in [7, 11) is 1.56. The van der Waals surface area contributed by atoms with Gasteiger partial charge in [-0.1, -0.05) is 19.9 Å². The van der Waals surface area contributed by atoms with Crippen LogP contribution in [-0.4, -0.2) is 22.6 Å². The first-order valence-corrected chi connectivity index (χ1v) is 7.00. The first-order valence-electron chi connectivity index (χ1n) is 7.00. The van der Waals surface area contributed by atoms with E-state index in [0.717, 1.165) is 5.69 Å². The standard InChI is InChI=1S/C16H19N3O3/c1-11(2)14-8-16(21)19(10-17-14)9-15(20)18-12-5-4-6-13(7-12)22-3/h4-8,10-11H,9H2,1-3H3,(H,18,20). The highest BCUT2D eigenvalue weighted by Gasteiger charge is 2.08. The molecule has 1 amide bonds. The van der Waals surface area contributed by atoms with E-state index in [2.05, 4.69) is 10.3 Å². The molecule has 0 saturated heterocycles. The Kier molecular flexibility index (Phi) is 4.93. The van der Waals surface area contributed by atoms with Gasteiger partial charge in [-0.05, 0) is 18.1 Å². The van der Waals surface area contributed by atoms with E-state index in [1.54, 1.807) is 31.4 Å². The zero-order valence-corrected chi connectivity index (χ0v) is 12.9. The lowest BCUT2D eigenvalue weighted by molar-refractivity contribution is -0.116. The van der Waals surface area contributed by atoms with Gasteiger partial charge in [0.2, 0.25) is 5.91 Å². The third-order valence-electron chi connectivity index (χ3n) is 3.16. The Labute approximate surface area is 128 Å². The van der Waals surface area contributed by atoms with E-state index in [1.165, 1.54) is 17.0 Å². The highest BCUT2D eigenvalue weighted by Crippen LogP contribution is 2.16. The molecule has 6 heteroatoms. The highest BCUT2D eigenvalue weighted by molar-refractivity contribution is 5.90. The predicted molar refractivity (Wildman–Crippen MR) is 84.2 cm³/mol. The number of carbonyl (C=O) groups is 1. The quantitative estimate of drug-likeness (QED) is 0.917. The van der Waals surface area contributed by atoms with E-state index < -0.39 is 0 Å². The molecule has 2 aromatic rings. The zero-order valence-electron chi connectivity index (χ0n) is 12.9. The molecule has 1 aromatic heterocycles. The van der Waals surface area contributed by atoms with Crippen LogP contribution < -0.4 is 15.6 Å². The summed E-state index contributed by atoms with van der Waals surface area (Å²) in [5.41, 5.74) is 1.10. The number of amides is 1. The first kappa shape index (κ1) is 15.8. The molecule has 0 bridgehead atoms. The lowest BCUT2D eigenvalue weighted by Gasteiger charge is -2.09. The molecule has 0 atom stereocenters. The molecular formula is C16H19N3O3. The Hall–Kier alpha value is -2.63. The molecule has 0 unspecified atom stereocenters. The van der Waals surface area contributed by atoms with Crippen LogP contribution in [0.5, 0.6) is 5.75 Å². The van der Waals surface area contributed by atoms with Crippen molar-refractivity contribution in [1.29, 1.82) is 0 Å². The van der Waals surface area contributed by atoms with Gasteiger partial charge in [0.15, 0.2) is 0 Å². The maximum absolute atomic E-state index is 12.0. The predicted octanol–water partition coefficient (Wildman–Crippen LogP) is 2.01. The number of carbonyl (C=O) groups excluding carboxylic acids is 1. The monoisotopic (exact) mass is 301 g/mol. The molecule has 0 spiro atoms. The van der Waals surface area contributed by atoms with Gasteiger partial charge in [-0.3, -0.25) is 14.2 Å². The largest absolute Gasteiger partial charge is 0.497 e. The lowest BCUT2D eigenvalue weighted by Crippen LogP contribution is -2.28. The van der Waals surface area contributed by atoms with Crippen molar-refractivity contribution in [2.75, 3.05) is 12.4 Å². The third-order valence-corrected chi connectivity index (χ3v) is 3.16. The highest BCUT2D eigenvalue weighted by atomic mass is 16.5. The van der Waals surface area contributed by atoms with Crippen LogP contribution in [0.1, 0.15) is 25.5 Å². The Morgan fingerprint density at radius 3 is 2.77 bits per heavy atom. The molecule has 1 heterocycles. The van der Waals surface area contributed by atoms with Crippen molar-refractivity contribution in [3.05, 3.63) is 52.7 Å². The molecule has 0 radical (unpaired) electrons. The van der Waals surface area contributed by atoms with E-state index in [1.807, 2.05) is 13.8 Å². The van der Waals surface area contributed by atoms with Gasteiger partial charge in [-0.2, -0.15) is 0 Å². The fraction of sp³-hybridized carbons (Fsp3) is 0.312. The molecule has 2 rings (SSSR count). The molecule has 6 nitrogen and oxygen atoms in total. The van der Waals surface area contributed by atoms with Crippen LogP contribution in [-0.2, 0) is 11.3 Å². The summed E-state index contributed by atoms with van der Waals surface area (Å²) in [4.78, 5) is 28.2. The molecule has 0 aliphatic heterocycles. The van der Waals surface area contributed by atoms with E-state index in [0.29, 0.717) is 11.4 Å². The second-order valence-electron chi connectivity index (χ2n) is 5.21.